The summed E-state index contributed by atoms with van der Waals surface area (Å²) in [6, 6.07) is 78.4. The topological polar surface area (TPSA) is 74.8 Å². The van der Waals surface area contributed by atoms with Gasteiger partial charge in [0, 0.05) is 65.5 Å². The first kappa shape index (κ1) is 38.5. The minimum Gasteiger partial charge on any atom is -0.456 e. The minimum atomic E-state index is 0.563. The third-order valence-corrected chi connectivity index (χ3v) is 14.0. The van der Waals surface area contributed by atoms with Crippen LogP contribution in [0.4, 0.5) is 0 Å². The normalized spacial score (nSPS) is 12.0. The molecule has 0 atom stereocenters. The number of fused-ring (bicyclic) bond motifs is 12. The predicted octanol–water partition coefficient (Wildman–Crippen LogP) is 16.5. The molecule has 0 fully saturated rings. The molecule has 0 aliphatic heterocycles. The largest absolute Gasteiger partial charge is 0.456 e. The molecule has 0 saturated carbocycles. The fourth-order valence-electron chi connectivity index (χ4n) is 10.9. The fraction of sp³-hybridized carbons (Fsp3) is 0. The molecule has 5 aromatic heterocycles. The molecule has 0 spiro atoms. The Morgan fingerprint density at radius 2 is 0.857 bits per heavy atom. The number of nitrogens with zero attached hydrogens (tertiary/aromatic N) is 5. The molecule has 7 nitrogen and oxygen atoms in total. The average molecular weight is 896 g/mol. The molecule has 0 N–H and O–H groups in total. The van der Waals surface area contributed by atoms with Crippen LogP contribution < -0.4 is 0 Å². The van der Waals surface area contributed by atoms with E-state index in [1.165, 1.54) is 10.8 Å². The van der Waals surface area contributed by atoms with Gasteiger partial charge in [0.1, 0.15) is 16.7 Å². The summed E-state index contributed by atoms with van der Waals surface area (Å²) in [5.74, 6) is 1.74. The van der Waals surface area contributed by atoms with Crippen LogP contribution in [0.3, 0.4) is 0 Å². The quantitative estimate of drug-likeness (QED) is 0.166. The third kappa shape index (κ3) is 5.72. The van der Waals surface area contributed by atoms with Gasteiger partial charge in [-0.15, -0.1) is 0 Å². The predicted molar refractivity (Wildman–Crippen MR) is 285 cm³/mol. The molecule has 326 valence electrons. The zero-order valence-corrected chi connectivity index (χ0v) is 37.4. The smallest absolute Gasteiger partial charge is 0.164 e. The molecule has 0 aliphatic carbocycles. The monoisotopic (exact) mass is 895 g/mol. The van der Waals surface area contributed by atoms with Crippen LogP contribution in [0.25, 0.3) is 144 Å². The van der Waals surface area contributed by atoms with Gasteiger partial charge in [0.25, 0.3) is 0 Å². The van der Waals surface area contributed by atoms with E-state index in [1.807, 2.05) is 48.5 Å². The maximum Gasteiger partial charge on any atom is 0.164 e. The molecular weight excluding hydrogens is 859 g/mol. The molecule has 0 bridgehead atoms. The summed E-state index contributed by atoms with van der Waals surface area (Å²) >= 11 is 0. The van der Waals surface area contributed by atoms with Crippen LogP contribution in [0.2, 0.25) is 0 Å². The molecular formula is C63H37N5O2. The van der Waals surface area contributed by atoms with E-state index >= 15 is 0 Å². The van der Waals surface area contributed by atoms with E-state index in [9.17, 15) is 0 Å². The number of rotatable bonds is 6. The first-order valence-electron chi connectivity index (χ1n) is 23.5. The number of benzene rings is 10. The number of furan rings is 2. The molecule has 15 aromatic rings. The van der Waals surface area contributed by atoms with Gasteiger partial charge < -0.3 is 18.0 Å². The van der Waals surface area contributed by atoms with Crippen molar-refractivity contribution in [3.8, 4) is 56.7 Å². The van der Waals surface area contributed by atoms with Gasteiger partial charge in [0.05, 0.1) is 27.8 Å². The van der Waals surface area contributed by atoms with Gasteiger partial charge in [-0.3, -0.25) is 0 Å². The van der Waals surface area contributed by atoms with Gasteiger partial charge in [-0.25, -0.2) is 15.0 Å². The highest BCUT2D eigenvalue weighted by Gasteiger charge is 2.23. The highest BCUT2D eigenvalue weighted by Crippen LogP contribution is 2.45. The Bertz CT molecular complexity index is 4540. The van der Waals surface area contributed by atoms with Crippen LogP contribution in [-0.4, -0.2) is 24.1 Å². The Morgan fingerprint density at radius 1 is 0.300 bits per heavy atom. The molecule has 7 heteroatoms. The van der Waals surface area contributed by atoms with Crippen LogP contribution in [0.15, 0.2) is 233 Å². The highest BCUT2D eigenvalue weighted by molar-refractivity contribution is 6.19. The van der Waals surface area contributed by atoms with Crippen LogP contribution in [0.1, 0.15) is 0 Å². The van der Waals surface area contributed by atoms with Gasteiger partial charge in [-0.2, -0.15) is 0 Å². The number of para-hydroxylation sites is 5. The van der Waals surface area contributed by atoms with Crippen molar-refractivity contribution in [2.24, 2.45) is 0 Å². The number of hydrogen-bond acceptors (Lipinski definition) is 5. The zero-order chi connectivity index (χ0) is 45.9. The summed E-state index contributed by atoms with van der Waals surface area (Å²) in [6.07, 6.45) is 0. The minimum absolute atomic E-state index is 0.563. The van der Waals surface area contributed by atoms with Crippen molar-refractivity contribution in [2.75, 3.05) is 0 Å². The Hall–Kier alpha value is -9.59. The lowest BCUT2D eigenvalue weighted by atomic mass is 9.96. The maximum absolute atomic E-state index is 6.89. The van der Waals surface area contributed by atoms with Gasteiger partial charge in [0.15, 0.2) is 23.1 Å². The van der Waals surface area contributed by atoms with Crippen LogP contribution in [-0.2, 0) is 0 Å². The van der Waals surface area contributed by atoms with Gasteiger partial charge in [0.2, 0.25) is 0 Å². The SMILES string of the molecule is c1ccc(-c2nc(-c3ccc4c(c3)c3ccccc3n4-c3ccccc3)nc(-c3cccc4oc5ccc(-c6ccc(-n7c8ccccc8c8ccccc87)c7oc8ccccc8c67)cc5c34)n2)cc1. The lowest BCUT2D eigenvalue weighted by Crippen LogP contribution is -2.00. The standard InChI is InChI=1S/C63H37N5O2/c1-3-16-38(17-4-1)61-64-62(40-30-33-53-48(37-40)45-22-9-11-25-50(45)67(53)41-18-5-2-6-19-41)66-63(65-61)47-24-15-29-57-58(47)49-36-39(31-35-56(49)69-57)42-32-34-54(60-59(42)46-23-10-14-28-55(46)70-60)68-51-26-12-7-20-43(51)44-21-8-13-27-52(44)68/h1-37H. The summed E-state index contributed by atoms with van der Waals surface area (Å²) < 4.78 is 18.2. The highest BCUT2D eigenvalue weighted by atomic mass is 16.3. The third-order valence-electron chi connectivity index (χ3n) is 14.0. The van der Waals surface area contributed by atoms with Crippen LogP contribution >= 0.6 is 0 Å². The number of aromatic nitrogens is 5. The Kier molecular flexibility index (Phi) is 8.23. The van der Waals surface area contributed by atoms with E-state index in [0.29, 0.717) is 17.5 Å². The molecule has 0 amide bonds. The first-order chi connectivity index (χ1) is 34.7. The fourth-order valence-corrected chi connectivity index (χ4v) is 10.9. The molecule has 0 unspecified atom stereocenters. The van der Waals surface area contributed by atoms with Crippen molar-refractivity contribution >= 4 is 87.5 Å². The van der Waals surface area contributed by atoms with Crippen molar-refractivity contribution in [1.82, 2.24) is 24.1 Å². The second-order valence-electron chi connectivity index (χ2n) is 17.9. The molecule has 10 aromatic carbocycles. The molecule has 0 aliphatic rings. The van der Waals surface area contributed by atoms with E-state index in [1.54, 1.807) is 0 Å². The average Bonchev–Trinajstić information content (AvgIpc) is 4.19. The molecule has 0 radical (unpaired) electrons. The summed E-state index contributed by atoms with van der Waals surface area (Å²) in [5, 5.41) is 8.71. The first-order valence-corrected chi connectivity index (χ1v) is 23.5. The summed E-state index contributed by atoms with van der Waals surface area (Å²) in [6.45, 7) is 0. The summed E-state index contributed by atoms with van der Waals surface area (Å²) in [5.41, 5.74) is 14.6. The van der Waals surface area contributed by atoms with E-state index in [-0.39, 0.29) is 0 Å². The van der Waals surface area contributed by atoms with E-state index in [2.05, 4.69) is 185 Å². The second-order valence-corrected chi connectivity index (χ2v) is 17.9. The molecule has 5 heterocycles. The molecule has 70 heavy (non-hydrogen) atoms. The molecule has 15 rings (SSSR count). The maximum atomic E-state index is 6.89. The van der Waals surface area contributed by atoms with Crippen molar-refractivity contribution < 1.29 is 8.83 Å². The van der Waals surface area contributed by atoms with E-state index < -0.39 is 0 Å². The van der Waals surface area contributed by atoms with Gasteiger partial charge >= 0.3 is 0 Å². The van der Waals surface area contributed by atoms with Crippen molar-refractivity contribution in [3.05, 3.63) is 224 Å². The van der Waals surface area contributed by atoms with E-state index in [4.69, 9.17) is 23.8 Å². The van der Waals surface area contributed by atoms with Crippen molar-refractivity contribution in [2.45, 2.75) is 0 Å². The lowest BCUT2D eigenvalue weighted by Gasteiger charge is -2.12. The van der Waals surface area contributed by atoms with Gasteiger partial charge in [-0.1, -0.05) is 146 Å². The van der Waals surface area contributed by atoms with Crippen LogP contribution in [0, 0.1) is 0 Å². The second kappa shape index (κ2) is 15.0. The van der Waals surface area contributed by atoms with Crippen LogP contribution in [0.5, 0.6) is 0 Å². The van der Waals surface area contributed by atoms with Crippen molar-refractivity contribution in [1.29, 1.82) is 0 Å². The Morgan fingerprint density at radius 3 is 1.61 bits per heavy atom. The Labute approximate surface area is 399 Å². The number of hydrogen-bond donors (Lipinski definition) is 0. The lowest BCUT2D eigenvalue weighted by molar-refractivity contribution is 0.666. The Balaban J connectivity index is 0.930. The summed E-state index contributed by atoms with van der Waals surface area (Å²) in [4.78, 5) is 15.7. The van der Waals surface area contributed by atoms with Gasteiger partial charge in [-0.05, 0) is 90.0 Å². The van der Waals surface area contributed by atoms with Crippen molar-refractivity contribution in [3.63, 3.8) is 0 Å². The summed E-state index contributed by atoms with van der Waals surface area (Å²) in [7, 11) is 0. The zero-order valence-electron chi connectivity index (χ0n) is 37.4. The van der Waals surface area contributed by atoms with E-state index in [0.717, 1.165) is 116 Å². The molecule has 0 saturated heterocycles.